The lowest BCUT2D eigenvalue weighted by molar-refractivity contribution is 0.117. The van der Waals surface area contributed by atoms with Crippen molar-refractivity contribution in [3.8, 4) is 0 Å². The highest BCUT2D eigenvalue weighted by atomic mass is 127. The molecule has 0 bridgehead atoms. The molecule has 1 atom stereocenters. The number of nitrogens with zero attached hydrogens (tertiary/aromatic N) is 2. The first-order valence-corrected chi connectivity index (χ1v) is 6.53. The summed E-state index contributed by atoms with van der Waals surface area (Å²) in [4.78, 5) is 10.4. The molecule has 0 saturated carbocycles. The maximum atomic E-state index is 4.46. The Labute approximate surface area is 105 Å². The normalized spacial score (nSPS) is 23.6. The molecule has 84 valence electrons. The molecule has 1 aliphatic heterocycles. The third-order valence-corrected chi connectivity index (χ3v) is 3.54. The van der Waals surface area contributed by atoms with E-state index in [1.807, 2.05) is 6.20 Å². The van der Waals surface area contributed by atoms with Crippen molar-refractivity contribution in [2.24, 2.45) is 0 Å². The second-order valence-electron chi connectivity index (χ2n) is 5.14. The minimum atomic E-state index is 0.236. The first-order chi connectivity index (χ1) is 6.98. The van der Waals surface area contributed by atoms with E-state index in [1.165, 1.54) is 19.4 Å². The highest BCUT2D eigenvalue weighted by molar-refractivity contribution is 14.1. The van der Waals surface area contributed by atoms with Crippen molar-refractivity contribution in [1.29, 1.82) is 0 Å². The lowest BCUT2D eigenvalue weighted by Crippen LogP contribution is -2.40. The minimum Gasteiger partial charge on any atom is -0.336 e. The Kier molecular flexibility index (Phi) is 3.07. The summed E-state index contributed by atoms with van der Waals surface area (Å²) in [6, 6.07) is 0.480. The van der Waals surface area contributed by atoms with E-state index in [0.29, 0.717) is 6.04 Å². The fourth-order valence-corrected chi connectivity index (χ4v) is 2.75. The van der Waals surface area contributed by atoms with Crippen LogP contribution in [0, 0.1) is 3.70 Å². The Morgan fingerprint density at radius 2 is 2.27 bits per heavy atom. The van der Waals surface area contributed by atoms with Crippen molar-refractivity contribution in [2.75, 3.05) is 6.54 Å². The van der Waals surface area contributed by atoms with Crippen LogP contribution in [-0.2, 0) is 0 Å². The van der Waals surface area contributed by atoms with E-state index >= 15 is 0 Å². The Bertz CT molecular complexity index is 340. The summed E-state index contributed by atoms with van der Waals surface area (Å²) in [7, 11) is 0. The molecule has 1 aromatic rings. The summed E-state index contributed by atoms with van der Waals surface area (Å²) in [5, 5.41) is 0. The van der Waals surface area contributed by atoms with E-state index in [0.717, 1.165) is 9.53 Å². The van der Waals surface area contributed by atoms with Gasteiger partial charge in [-0.05, 0) is 62.7 Å². The fourth-order valence-electron chi connectivity index (χ4n) is 2.34. The number of halogens is 1. The van der Waals surface area contributed by atoms with E-state index in [2.05, 4.69) is 58.2 Å². The maximum absolute atomic E-state index is 4.46. The zero-order valence-corrected chi connectivity index (χ0v) is 11.7. The van der Waals surface area contributed by atoms with Crippen LogP contribution in [0.1, 0.15) is 45.5 Å². The van der Waals surface area contributed by atoms with Crippen LogP contribution in [-0.4, -0.2) is 27.0 Å². The average molecular weight is 319 g/mol. The monoisotopic (exact) mass is 319 g/mol. The van der Waals surface area contributed by atoms with Crippen molar-refractivity contribution < 1.29 is 0 Å². The van der Waals surface area contributed by atoms with Gasteiger partial charge in [0, 0.05) is 5.54 Å². The second-order valence-corrected chi connectivity index (χ2v) is 6.30. The first kappa shape index (κ1) is 11.4. The number of rotatable bonds is 1. The summed E-state index contributed by atoms with van der Waals surface area (Å²) in [5.74, 6) is 1.13. The van der Waals surface area contributed by atoms with E-state index in [9.17, 15) is 0 Å². The Morgan fingerprint density at radius 1 is 1.53 bits per heavy atom. The van der Waals surface area contributed by atoms with Crippen LogP contribution in [0.3, 0.4) is 0 Å². The molecule has 1 aromatic heterocycles. The molecule has 2 rings (SSSR count). The number of hydrogen-bond acceptors (Lipinski definition) is 2. The minimum absolute atomic E-state index is 0.236. The lowest BCUT2D eigenvalue weighted by atomic mass is 10.0. The van der Waals surface area contributed by atoms with Gasteiger partial charge in [-0.25, -0.2) is 4.98 Å². The van der Waals surface area contributed by atoms with Crippen LogP contribution in [0.4, 0.5) is 0 Å². The summed E-state index contributed by atoms with van der Waals surface area (Å²) < 4.78 is 1.13. The van der Waals surface area contributed by atoms with Crippen LogP contribution in [0.5, 0.6) is 0 Å². The fraction of sp³-hybridized carbons (Fsp3) is 0.727. The van der Waals surface area contributed by atoms with Crippen molar-refractivity contribution in [1.82, 2.24) is 14.9 Å². The molecule has 0 unspecified atom stereocenters. The van der Waals surface area contributed by atoms with Gasteiger partial charge in [-0.3, -0.25) is 4.90 Å². The van der Waals surface area contributed by atoms with Crippen LogP contribution >= 0.6 is 22.6 Å². The number of imidazole rings is 1. The summed E-state index contributed by atoms with van der Waals surface area (Å²) in [5.41, 5.74) is 0.236. The zero-order valence-electron chi connectivity index (χ0n) is 9.55. The van der Waals surface area contributed by atoms with Crippen LogP contribution in [0.2, 0.25) is 0 Å². The molecule has 1 fully saturated rings. The molecule has 1 N–H and O–H groups in total. The number of aromatic nitrogens is 2. The van der Waals surface area contributed by atoms with Gasteiger partial charge in [0.05, 0.1) is 15.9 Å². The van der Waals surface area contributed by atoms with Gasteiger partial charge in [-0.2, -0.15) is 0 Å². The van der Waals surface area contributed by atoms with E-state index in [-0.39, 0.29) is 5.54 Å². The molecule has 0 spiro atoms. The maximum Gasteiger partial charge on any atom is 0.124 e. The number of nitrogens with one attached hydrogen (secondary N) is 1. The molecule has 0 radical (unpaired) electrons. The average Bonchev–Trinajstić information content (AvgIpc) is 2.68. The van der Waals surface area contributed by atoms with Gasteiger partial charge in [0.25, 0.3) is 0 Å². The molecular formula is C11H18IN3. The molecule has 2 heterocycles. The number of aromatic amines is 1. The topological polar surface area (TPSA) is 31.9 Å². The third kappa shape index (κ3) is 2.36. The quantitative estimate of drug-likeness (QED) is 0.807. The van der Waals surface area contributed by atoms with Gasteiger partial charge in [0.15, 0.2) is 0 Å². The van der Waals surface area contributed by atoms with Gasteiger partial charge in [-0.1, -0.05) is 0 Å². The molecule has 1 aliphatic rings. The lowest BCUT2D eigenvalue weighted by Gasteiger charge is -2.36. The smallest absolute Gasteiger partial charge is 0.124 e. The van der Waals surface area contributed by atoms with E-state index in [1.54, 1.807) is 0 Å². The van der Waals surface area contributed by atoms with Crippen LogP contribution in [0.25, 0.3) is 0 Å². The summed E-state index contributed by atoms with van der Waals surface area (Å²) in [6.07, 6.45) is 4.41. The second kappa shape index (κ2) is 4.05. The van der Waals surface area contributed by atoms with Crippen LogP contribution < -0.4 is 0 Å². The van der Waals surface area contributed by atoms with Crippen molar-refractivity contribution in [3.05, 3.63) is 15.7 Å². The van der Waals surface area contributed by atoms with Crippen molar-refractivity contribution >= 4 is 22.6 Å². The molecule has 4 heteroatoms. The number of H-pyrrole nitrogens is 1. The summed E-state index contributed by atoms with van der Waals surface area (Å²) >= 11 is 2.28. The predicted molar refractivity (Wildman–Crippen MR) is 69.7 cm³/mol. The Hall–Kier alpha value is -0.100. The molecule has 15 heavy (non-hydrogen) atoms. The van der Waals surface area contributed by atoms with E-state index < -0.39 is 0 Å². The highest BCUT2D eigenvalue weighted by Gasteiger charge is 2.35. The van der Waals surface area contributed by atoms with Gasteiger partial charge < -0.3 is 4.98 Å². The molecule has 3 nitrogen and oxygen atoms in total. The predicted octanol–water partition coefficient (Wildman–Crippen LogP) is 2.95. The first-order valence-electron chi connectivity index (χ1n) is 5.45. The summed E-state index contributed by atoms with van der Waals surface area (Å²) in [6.45, 7) is 8.02. The largest absolute Gasteiger partial charge is 0.336 e. The van der Waals surface area contributed by atoms with Gasteiger partial charge in [0.1, 0.15) is 5.82 Å². The molecule has 1 saturated heterocycles. The molecular weight excluding hydrogens is 301 g/mol. The van der Waals surface area contributed by atoms with Crippen molar-refractivity contribution in [3.63, 3.8) is 0 Å². The number of hydrogen-bond donors (Lipinski definition) is 1. The number of likely N-dealkylation sites (tertiary alicyclic amines) is 1. The molecule has 0 aliphatic carbocycles. The van der Waals surface area contributed by atoms with Gasteiger partial charge in [0.2, 0.25) is 0 Å². The SMILES string of the molecule is CC(C)(C)N1CCC[C@H]1c1ncc(I)[nH]1. The molecule has 0 amide bonds. The van der Waals surface area contributed by atoms with Crippen LogP contribution in [0.15, 0.2) is 6.20 Å². The standard InChI is InChI=1S/C11H18IN3/c1-11(2,3)15-6-4-5-8(15)10-13-7-9(12)14-10/h7-8H,4-6H2,1-3H3,(H,13,14)/t8-/m0/s1. The Morgan fingerprint density at radius 3 is 2.80 bits per heavy atom. The molecule has 0 aromatic carbocycles. The third-order valence-electron chi connectivity index (χ3n) is 2.99. The van der Waals surface area contributed by atoms with E-state index in [4.69, 9.17) is 0 Å². The Balaban J connectivity index is 2.22. The highest BCUT2D eigenvalue weighted by Crippen LogP contribution is 2.35. The zero-order chi connectivity index (χ0) is 11.1. The van der Waals surface area contributed by atoms with Gasteiger partial charge >= 0.3 is 0 Å². The van der Waals surface area contributed by atoms with Gasteiger partial charge in [-0.15, -0.1) is 0 Å². The van der Waals surface area contributed by atoms with Crippen molar-refractivity contribution in [2.45, 2.75) is 45.2 Å².